The third-order valence-corrected chi connectivity index (χ3v) is 6.70. The van der Waals surface area contributed by atoms with E-state index in [4.69, 9.17) is 9.97 Å². The normalized spacial score (nSPS) is 17.5. The van der Waals surface area contributed by atoms with Crippen LogP contribution in [0.2, 0.25) is 0 Å². The van der Waals surface area contributed by atoms with Gasteiger partial charge in [0.15, 0.2) is 5.65 Å². The van der Waals surface area contributed by atoms with E-state index in [9.17, 15) is 0 Å². The van der Waals surface area contributed by atoms with Crippen molar-refractivity contribution in [3.8, 4) is 11.3 Å². The van der Waals surface area contributed by atoms with E-state index >= 15 is 0 Å². The molecule has 0 saturated heterocycles. The molecule has 3 N–H and O–H groups in total. The molecule has 0 aliphatic heterocycles. The molecule has 5 rings (SSSR count). The van der Waals surface area contributed by atoms with Crippen molar-refractivity contribution in [1.82, 2.24) is 29.9 Å². The van der Waals surface area contributed by atoms with Crippen LogP contribution in [0.25, 0.3) is 16.9 Å². The van der Waals surface area contributed by atoms with E-state index in [1.165, 1.54) is 12.8 Å². The Balaban J connectivity index is 0.00000141. The first kappa shape index (κ1) is 25.1. The Hall–Kier alpha value is -3.04. The predicted octanol–water partition coefficient (Wildman–Crippen LogP) is 5.53. The van der Waals surface area contributed by atoms with Gasteiger partial charge in [-0.3, -0.25) is 4.98 Å². The minimum Gasteiger partial charge on any atom is -0.350 e. The van der Waals surface area contributed by atoms with Crippen LogP contribution in [0.3, 0.4) is 0 Å². The van der Waals surface area contributed by atoms with Gasteiger partial charge in [-0.25, -0.2) is 0 Å². The maximum absolute atomic E-state index is 4.77. The van der Waals surface area contributed by atoms with Gasteiger partial charge in [-0.05, 0) is 53.5 Å². The summed E-state index contributed by atoms with van der Waals surface area (Å²) in [5.74, 6) is 1.27. The van der Waals surface area contributed by atoms with Crippen LogP contribution in [0.1, 0.15) is 45.1 Å². The third kappa shape index (κ3) is 5.97. The van der Waals surface area contributed by atoms with Gasteiger partial charge in [-0.2, -0.15) is 19.6 Å². The standard InChI is InChI=1S/C24H27BrN8.C2H6/c1-26-20-7-2-3-8-21(20)30-23-31-22-18(25)15-29-33(22)24(32-23)28-14-16-9-11-17(12-10-16)19-6-4-5-13-27-19;1-2/h4-6,9-13,15,20-21,26H,2-3,7-8,14H2,1H3,(H2,28,30,31,32);1-2H3. The molecule has 1 aliphatic rings. The van der Waals surface area contributed by atoms with Crippen molar-refractivity contribution >= 4 is 33.5 Å². The van der Waals surface area contributed by atoms with Crippen molar-refractivity contribution in [3.05, 3.63) is 64.9 Å². The molecular weight excluding hydrogens is 504 g/mol. The Bertz CT molecular complexity index is 1210. The van der Waals surface area contributed by atoms with E-state index in [1.807, 2.05) is 45.3 Å². The highest BCUT2D eigenvalue weighted by molar-refractivity contribution is 9.10. The topological polar surface area (TPSA) is 92.1 Å². The molecule has 184 valence electrons. The predicted molar refractivity (Wildman–Crippen MR) is 146 cm³/mol. The average molecular weight is 538 g/mol. The van der Waals surface area contributed by atoms with Crippen molar-refractivity contribution in [3.63, 3.8) is 0 Å². The van der Waals surface area contributed by atoms with Crippen molar-refractivity contribution < 1.29 is 0 Å². The van der Waals surface area contributed by atoms with Crippen LogP contribution in [-0.4, -0.2) is 43.7 Å². The molecule has 2 unspecified atom stereocenters. The van der Waals surface area contributed by atoms with Crippen LogP contribution in [0.15, 0.2) is 59.3 Å². The smallest absolute Gasteiger partial charge is 0.229 e. The molecular formula is C26H33BrN8. The maximum Gasteiger partial charge on any atom is 0.229 e. The monoisotopic (exact) mass is 536 g/mol. The zero-order chi connectivity index (χ0) is 24.6. The number of hydrogen-bond donors (Lipinski definition) is 3. The van der Waals surface area contributed by atoms with Crippen LogP contribution in [0.4, 0.5) is 11.9 Å². The van der Waals surface area contributed by atoms with E-state index in [0.717, 1.165) is 39.8 Å². The van der Waals surface area contributed by atoms with Gasteiger partial charge in [0.25, 0.3) is 0 Å². The summed E-state index contributed by atoms with van der Waals surface area (Å²) in [6, 6.07) is 15.0. The van der Waals surface area contributed by atoms with Crippen molar-refractivity contribution in [2.45, 2.75) is 58.2 Å². The fraction of sp³-hybridized carbons (Fsp3) is 0.385. The molecule has 35 heavy (non-hydrogen) atoms. The summed E-state index contributed by atoms with van der Waals surface area (Å²) in [6.45, 7) is 4.62. The second-order valence-corrected chi connectivity index (χ2v) is 9.15. The number of anilines is 2. The Labute approximate surface area is 215 Å². The number of hydrogen-bond acceptors (Lipinski definition) is 7. The minimum absolute atomic E-state index is 0.305. The molecule has 8 nitrogen and oxygen atoms in total. The Morgan fingerprint density at radius 3 is 2.49 bits per heavy atom. The van der Waals surface area contributed by atoms with E-state index in [0.29, 0.717) is 30.5 Å². The lowest BCUT2D eigenvalue weighted by Gasteiger charge is -2.32. The van der Waals surface area contributed by atoms with Gasteiger partial charge >= 0.3 is 0 Å². The number of fused-ring (bicyclic) bond motifs is 1. The van der Waals surface area contributed by atoms with Gasteiger partial charge in [0.1, 0.15) is 0 Å². The summed E-state index contributed by atoms with van der Waals surface area (Å²) in [4.78, 5) is 13.9. The third-order valence-electron chi connectivity index (χ3n) is 6.14. The van der Waals surface area contributed by atoms with Gasteiger partial charge in [-0.15, -0.1) is 0 Å². The van der Waals surface area contributed by atoms with E-state index in [-0.39, 0.29) is 0 Å². The van der Waals surface area contributed by atoms with Crippen molar-refractivity contribution in [2.24, 2.45) is 0 Å². The van der Waals surface area contributed by atoms with E-state index in [1.54, 1.807) is 10.7 Å². The number of halogens is 1. The first-order valence-corrected chi connectivity index (χ1v) is 13.1. The quantitative estimate of drug-likeness (QED) is 0.286. The number of nitrogens with one attached hydrogen (secondary N) is 3. The molecule has 0 spiro atoms. The molecule has 3 heterocycles. The summed E-state index contributed by atoms with van der Waals surface area (Å²) >= 11 is 3.56. The van der Waals surface area contributed by atoms with E-state index < -0.39 is 0 Å². The largest absolute Gasteiger partial charge is 0.350 e. The molecule has 3 aromatic heterocycles. The van der Waals surface area contributed by atoms with E-state index in [2.05, 4.69) is 66.2 Å². The number of benzene rings is 1. The summed E-state index contributed by atoms with van der Waals surface area (Å²) in [6.07, 6.45) is 8.29. The van der Waals surface area contributed by atoms with Crippen LogP contribution in [0.5, 0.6) is 0 Å². The summed E-state index contributed by atoms with van der Waals surface area (Å²) < 4.78 is 2.57. The second-order valence-electron chi connectivity index (χ2n) is 8.29. The highest BCUT2D eigenvalue weighted by Crippen LogP contribution is 2.24. The second kappa shape index (κ2) is 12.1. The molecule has 0 bridgehead atoms. The Kier molecular flexibility index (Phi) is 8.65. The Morgan fingerprint density at radius 2 is 1.77 bits per heavy atom. The number of pyridine rings is 1. The van der Waals surface area contributed by atoms with Crippen molar-refractivity contribution in [1.29, 1.82) is 0 Å². The lowest BCUT2D eigenvalue weighted by Crippen LogP contribution is -2.45. The molecule has 1 fully saturated rings. The fourth-order valence-corrected chi connectivity index (χ4v) is 4.70. The molecule has 2 atom stereocenters. The Morgan fingerprint density at radius 1 is 1.00 bits per heavy atom. The summed E-state index contributed by atoms with van der Waals surface area (Å²) in [5.41, 5.74) is 3.94. The molecule has 9 heteroatoms. The fourth-order valence-electron chi connectivity index (χ4n) is 4.35. The summed E-state index contributed by atoms with van der Waals surface area (Å²) in [5, 5.41) is 14.9. The zero-order valence-electron chi connectivity index (χ0n) is 20.5. The van der Waals surface area contributed by atoms with Gasteiger partial charge in [0.05, 0.1) is 16.4 Å². The lowest BCUT2D eigenvalue weighted by molar-refractivity contribution is 0.360. The van der Waals surface area contributed by atoms with Gasteiger partial charge in [0.2, 0.25) is 11.9 Å². The highest BCUT2D eigenvalue weighted by atomic mass is 79.9. The molecule has 1 saturated carbocycles. The average Bonchev–Trinajstić information content (AvgIpc) is 3.30. The van der Waals surface area contributed by atoms with Crippen LogP contribution >= 0.6 is 15.9 Å². The number of rotatable bonds is 7. The molecule has 4 aromatic rings. The van der Waals surface area contributed by atoms with Gasteiger partial charge in [-0.1, -0.05) is 57.0 Å². The number of aromatic nitrogens is 5. The van der Waals surface area contributed by atoms with Crippen LogP contribution < -0.4 is 16.0 Å². The van der Waals surface area contributed by atoms with Gasteiger partial charge < -0.3 is 16.0 Å². The first-order chi connectivity index (χ1) is 17.2. The van der Waals surface area contributed by atoms with Crippen LogP contribution in [0, 0.1) is 0 Å². The number of nitrogens with zero attached hydrogens (tertiary/aromatic N) is 5. The molecule has 1 aromatic carbocycles. The lowest BCUT2D eigenvalue weighted by atomic mass is 9.90. The first-order valence-electron chi connectivity index (χ1n) is 12.3. The summed E-state index contributed by atoms with van der Waals surface area (Å²) in [7, 11) is 2.02. The zero-order valence-corrected chi connectivity index (χ0v) is 22.1. The molecule has 0 amide bonds. The van der Waals surface area contributed by atoms with Gasteiger partial charge in [0, 0.05) is 30.4 Å². The minimum atomic E-state index is 0.305. The number of likely N-dealkylation sites (N-methyl/N-ethyl adjacent to an activating group) is 1. The molecule has 0 radical (unpaired) electrons. The maximum atomic E-state index is 4.77. The SMILES string of the molecule is CC.CNC1CCCCC1Nc1nc(NCc2ccc(-c3ccccn3)cc2)n2ncc(Br)c2n1. The molecule has 1 aliphatic carbocycles. The highest BCUT2D eigenvalue weighted by Gasteiger charge is 2.25. The van der Waals surface area contributed by atoms with Crippen molar-refractivity contribution in [2.75, 3.05) is 17.7 Å². The van der Waals surface area contributed by atoms with Crippen LogP contribution in [-0.2, 0) is 6.54 Å².